The largest absolute Gasteiger partial charge is 0.497 e. The van der Waals surface area contributed by atoms with E-state index in [1.807, 2.05) is 5.38 Å². The number of benzene rings is 1. The summed E-state index contributed by atoms with van der Waals surface area (Å²) < 4.78 is 36.8. The molecule has 2 rings (SSSR count). The molecule has 1 aromatic carbocycles. The summed E-state index contributed by atoms with van der Waals surface area (Å²) in [6.45, 7) is 0.209. The van der Waals surface area contributed by atoms with E-state index >= 15 is 0 Å². The zero-order valence-electron chi connectivity index (χ0n) is 11.9. The Kier molecular flexibility index (Phi) is 4.81. The molecule has 0 aliphatic heterocycles. The predicted octanol–water partition coefficient (Wildman–Crippen LogP) is 1.98. The van der Waals surface area contributed by atoms with Crippen molar-refractivity contribution in [2.24, 2.45) is 0 Å². The third-order valence-corrected chi connectivity index (χ3v) is 5.49. The highest BCUT2D eigenvalue weighted by Crippen LogP contribution is 2.30. The van der Waals surface area contributed by atoms with Crippen LogP contribution in [0.25, 0.3) is 0 Å². The van der Waals surface area contributed by atoms with E-state index in [0.717, 1.165) is 5.01 Å². The number of nitrogens with zero attached hydrogens (tertiary/aromatic N) is 2. The molecule has 0 saturated heterocycles. The van der Waals surface area contributed by atoms with Gasteiger partial charge in [0.1, 0.15) is 21.4 Å². The number of methoxy groups -OCH3 is 2. The van der Waals surface area contributed by atoms with Crippen molar-refractivity contribution in [1.29, 1.82) is 0 Å². The van der Waals surface area contributed by atoms with Gasteiger partial charge in [-0.25, -0.2) is 13.4 Å². The molecule has 0 amide bonds. The summed E-state index contributed by atoms with van der Waals surface area (Å²) in [6, 6.07) is 4.67. The Labute approximate surface area is 128 Å². The lowest BCUT2D eigenvalue weighted by molar-refractivity contribution is 0.388. The van der Waals surface area contributed by atoms with Crippen LogP contribution < -0.4 is 9.47 Å². The van der Waals surface area contributed by atoms with Gasteiger partial charge in [-0.3, -0.25) is 0 Å². The normalized spacial score (nSPS) is 11.6. The van der Waals surface area contributed by atoms with Crippen LogP contribution in [-0.4, -0.2) is 39.0 Å². The third-order valence-electron chi connectivity index (χ3n) is 2.90. The highest BCUT2D eigenvalue weighted by Gasteiger charge is 2.26. The lowest BCUT2D eigenvalue weighted by Crippen LogP contribution is -2.26. The van der Waals surface area contributed by atoms with E-state index in [9.17, 15) is 8.42 Å². The molecule has 0 atom stereocenters. The zero-order chi connectivity index (χ0) is 15.5. The molecule has 6 nitrogen and oxygen atoms in total. The van der Waals surface area contributed by atoms with Crippen LogP contribution in [-0.2, 0) is 16.6 Å². The Bertz CT molecular complexity index is 699. The first-order valence-corrected chi connectivity index (χ1v) is 8.37. The average Bonchev–Trinajstić information content (AvgIpc) is 2.99. The molecule has 8 heteroatoms. The van der Waals surface area contributed by atoms with Crippen molar-refractivity contribution in [2.45, 2.75) is 11.4 Å². The molecular formula is C13H16N2O4S2. The van der Waals surface area contributed by atoms with Gasteiger partial charge in [-0.05, 0) is 12.1 Å². The van der Waals surface area contributed by atoms with Gasteiger partial charge >= 0.3 is 0 Å². The summed E-state index contributed by atoms with van der Waals surface area (Å²) in [5.41, 5.74) is 0. The van der Waals surface area contributed by atoms with Crippen molar-refractivity contribution in [1.82, 2.24) is 9.29 Å². The average molecular weight is 328 g/mol. The van der Waals surface area contributed by atoms with Crippen LogP contribution in [0.1, 0.15) is 5.01 Å². The number of aromatic nitrogens is 1. The Hall–Kier alpha value is -1.64. The molecule has 0 fully saturated rings. The molecule has 0 radical (unpaired) electrons. The maximum Gasteiger partial charge on any atom is 0.247 e. The monoisotopic (exact) mass is 328 g/mol. The summed E-state index contributed by atoms with van der Waals surface area (Å²) in [7, 11) is 0.730. The van der Waals surface area contributed by atoms with Crippen LogP contribution in [0.5, 0.6) is 11.5 Å². The molecule has 0 spiro atoms. The molecule has 0 N–H and O–H groups in total. The van der Waals surface area contributed by atoms with Gasteiger partial charge in [0, 0.05) is 24.7 Å². The molecule has 21 heavy (non-hydrogen) atoms. The second kappa shape index (κ2) is 6.42. The summed E-state index contributed by atoms with van der Waals surface area (Å²) >= 11 is 1.41. The standard InChI is InChI=1S/C13H16N2O4S2/c1-15(9-13-14-6-7-20-13)21(16,17)12-8-10(18-2)4-5-11(12)19-3/h4-8H,9H2,1-3H3. The quantitative estimate of drug-likeness (QED) is 0.811. The molecule has 1 aromatic heterocycles. The topological polar surface area (TPSA) is 68.7 Å². The number of thiazole rings is 1. The maximum absolute atomic E-state index is 12.7. The van der Waals surface area contributed by atoms with Crippen LogP contribution in [0.15, 0.2) is 34.7 Å². The molecule has 2 aromatic rings. The fraction of sp³-hybridized carbons (Fsp3) is 0.308. The zero-order valence-corrected chi connectivity index (χ0v) is 13.6. The summed E-state index contributed by atoms with van der Waals surface area (Å²) in [4.78, 5) is 4.17. The van der Waals surface area contributed by atoms with Crippen molar-refractivity contribution < 1.29 is 17.9 Å². The van der Waals surface area contributed by atoms with Crippen LogP contribution in [0.2, 0.25) is 0 Å². The van der Waals surface area contributed by atoms with Crippen molar-refractivity contribution in [3.63, 3.8) is 0 Å². The van der Waals surface area contributed by atoms with Gasteiger partial charge in [-0.2, -0.15) is 4.31 Å². The van der Waals surface area contributed by atoms with Gasteiger partial charge in [-0.15, -0.1) is 11.3 Å². The first-order chi connectivity index (χ1) is 9.98. The highest BCUT2D eigenvalue weighted by atomic mass is 32.2. The Morgan fingerprint density at radius 3 is 2.62 bits per heavy atom. The predicted molar refractivity (Wildman–Crippen MR) is 80.3 cm³/mol. The first kappa shape index (κ1) is 15.7. The van der Waals surface area contributed by atoms with Crippen LogP contribution >= 0.6 is 11.3 Å². The van der Waals surface area contributed by atoms with E-state index in [4.69, 9.17) is 9.47 Å². The van der Waals surface area contributed by atoms with Gasteiger partial charge in [0.2, 0.25) is 10.0 Å². The minimum absolute atomic E-state index is 0.0726. The molecule has 0 saturated carbocycles. The van der Waals surface area contributed by atoms with Crippen molar-refractivity contribution in [2.75, 3.05) is 21.3 Å². The minimum atomic E-state index is -3.70. The number of hydrogen-bond acceptors (Lipinski definition) is 6. The van der Waals surface area contributed by atoms with E-state index in [0.29, 0.717) is 5.75 Å². The summed E-state index contributed by atoms with van der Waals surface area (Å²) in [6.07, 6.45) is 1.65. The van der Waals surface area contributed by atoms with E-state index < -0.39 is 10.0 Å². The second-order valence-corrected chi connectivity index (χ2v) is 7.20. The molecule has 1 heterocycles. The fourth-order valence-corrected chi connectivity index (χ4v) is 3.81. The van der Waals surface area contributed by atoms with Crippen LogP contribution in [0.4, 0.5) is 0 Å². The number of ether oxygens (including phenoxy) is 2. The number of sulfonamides is 1. The van der Waals surface area contributed by atoms with Gasteiger partial charge in [0.25, 0.3) is 0 Å². The van der Waals surface area contributed by atoms with Gasteiger partial charge in [0.15, 0.2) is 0 Å². The Balaban J connectivity index is 2.38. The van der Waals surface area contributed by atoms with Gasteiger partial charge in [-0.1, -0.05) is 0 Å². The number of hydrogen-bond donors (Lipinski definition) is 0. The maximum atomic E-state index is 12.7. The lowest BCUT2D eigenvalue weighted by atomic mass is 10.3. The van der Waals surface area contributed by atoms with Crippen molar-refractivity contribution in [3.05, 3.63) is 34.8 Å². The van der Waals surface area contributed by atoms with E-state index in [2.05, 4.69) is 4.98 Å². The Morgan fingerprint density at radius 1 is 1.29 bits per heavy atom. The van der Waals surface area contributed by atoms with Gasteiger partial charge < -0.3 is 9.47 Å². The fourth-order valence-electron chi connectivity index (χ4n) is 1.76. The van der Waals surface area contributed by atoms with Crippen LogP contribution in [0.3, 0.4) is 0 Å². The van der Waals surface area contributed by atoms with E-state index in [1.54, 1.807) is 18.3 Å². The summed E-state index contributed by atoms with van der Waals surface area (Å²) in [5, 5.41) is 2.53. The molecule has 0 aliphatic rings. The summed E-state index contributed by atoms with van der Waals surface area (Å²) in [5.74, 6) is 0.735. The van der Waals surface area contributed by atoms with Crippen molar-refractivity contribution >= 4 is 21.4 Å². The van der Waals surface area contributed by atoms with E-state index in [-0.39, 0.29) is 17.2 Å². The number of rotatable bonds is 6. The first-order valence-electron chi connectivity index (χ1n) is 6.05. The second-order valence-electron chi connectivity index (χ2n) is 4.20. The van der Waals surface area contributed by atoms with Crippen LogP contribution in [0, 0.1) is 0 Å². The van der Waals surface area contributed by atoms with Crippen molar-refractivity contribution in [3.8, 4) is 11.5 Å². The molecule has 0 aliphatic carbocycles. The smallest absolute Gasteiger partial charge is 0.247 e. The molecular weight excluding hydrogens is 312 g/mol. The SMILES string of the molecule is COc1ccc(OC)c(S(=O)(=O)N(C)Cc2nccs2)c1. The lowest BCUT2D eigenvalue weighted by Gasteiger charge is -2.18. The molecule has 0 bridgehead atoms. The highest BCUT2D eigenvalue weighted by molar-refractivity contribution is 7.89. The minimum Gasteiger partial charge on any atom is -0.497 e. The Morgan fingerprint density at radius 2 is 2.05 bits per heavy atom. The van der Waals surface area contributed by atoms with E-state index in [1.165, 1.54) is 43.0 Å². The third kappa shape index (κ3) is 3.34. The molecule has 0 unspecified atom stereocenters. The van der Waals surface area contributed by atoms with Gasteiger partial charge in [0.05, 0.1) is 20.8 Å². The molecule has 114 valence electrons.